The number of benzene rings is 5. The number of hydrogen-bond acceptors (Lipinski definition) is 6. The third-order valence-electron chi connectivity index (χ3n) is 8.32. The molecule has 6 rings (SSSR count). The molecule has 1 fully saturated rings. The normalized spacial score (nSPS) is 22.2. The van der Waals surface area contributed by atoms with Crippen molar-refractivity contribution in [2.45, 2.75) is 63.1 Å². The first-order valence-corrected chi connectivity index (χ1v) is 16.2. The molecule has 5 aromatic rings. The zero-order valence-corrected chi connectivity index (χ0v) is 26.6. The van der Waals surface area contributed by atoms with Crippen molar-refractivity contribution in [3.63, 3.8) is 0 Å². The van der Waals surface area contributed by atoms with Crippen molar-refractivity contribution in [1.82, 2.24) is 0 Å². The van der Waals surface area contributed by atoms with Crippen molar-refractivity contribution in [2.24, 2.45) is 0 Å². The van der Waals surface area contributed by atoms with Gasteiger partial charge in [-0.3, -0.25) is 0 Å². The lowest BCUT2D eigenvalue weighted by Crippen LogP contribution is -2.66. The highest BCUT2D eigenvalue weighted by molar-refractivity contribution is 5.89. The second-order valence-corrected chi connectivity index (χ2v) is 11.7. The molecule has 246 valence electrons. The molecular formula is C41H39FO6. The first kappa shape index (κ1) is 33.2. The fourth-order valence-corrected chi connectivity index (χ4v) is 5.83. The first-order chi connectivity index (χ1) is 23.7. The fourth-order valence-electron chi connectivity index (χ4n) is 5.83. The van der Waals surface area contributed by atoms with Gasteiger partial charge in [-0.1, -0.05) is 140 Å². The van der Waals surface area contributed by atoms with Crippen molar-refractivity contribution in [1.29, 1.82) is 0 Å². The first-order valence-electron chi connectivity index (χ1n) is 16.2. The topological polar surface area (TPSA) is 63.2 Å². The fraction of sp³-hybridized carbons (Fsp3) is 0.244. The lowest BCUT2D eigenvalue weighted by Gasteiger charge is -2.47. The lowest BCUT2D eigenvalue weighted by atomic mass is 9.84. The van der Waals surface area contributed by atoms with Gasteiger partial charge in [0.1, 0.15) is 24.4 Å². The molecule has 0 spiro atoms. The highest BCUT2D eigenvalue weighted by Crippen LogP contribution is 2.36. The minimum Gasteiger partial charge on any atom is -0.453 e. The van der Waals surface area contributed by atoms with Gasteiger partial charge in [0, 0.05) is 0 Å². The van der Waals surface area contributed by atoms with E-state index in [9.17, 15) is 4.79 Å². The average molecular weight is 647 g/mol. The number of rotatable bonds is 14. The molecule has 1 aliphatic rings. The van der Waals surface area contributed by atoms with Crippen LogP contribution in [0.2, 0.25) is 0 Å². The summed E-state index contributed by atoms with van der Waals surface area (Å²) in [5.41, 5.74) is 3.89. The van der Waals surface area contributed by atoms with Gasteiger partial charge in [-0.2, -0.15) is 0 Å². The summed E-state index contributed by atoms with van der Waals surface area (Å²) >= 11 is 0. The van der Waals surface area contributed by atoms with Crippen molar-refractivity contribution >= 4 is 5.97 Å². The molecular weight excluding hydrogens is 607 g/mol. The summed E-state index contributed by atoms with van der Waals surface area (Å²) < 4.78 is 49.2. The average Bonchev–Trinajstić information content (AvgIpc) is 3.15. The summed E-state index contributed by atoms with van der Waals surface area (Å²) in [6, 6.07) is 47.1. The van der Waals surface area contributed by atoms with Gasteiger partial charge < -0.3 is 23.7 Å². The Labute approximate surface area is 281 Å². The summed E-state index contributed by atoms with van der Waals surface area (Å²) in [4.78, 5) is 13.5. The predicted octanol–water partition coefficient (Wildman–Crippen LogP) is 7.91. The van der Waals surface area contributed by atoms with Gasteiger partial charge >= 0.3 is 5.97 Å². The van der Waals surface area contributed by atoms with Crippen LogP contribution in [0.1, 0.15) is 32.6 Å². The van der Waals surface area contributed by atoms with E-state index in [2.05, 4.69) is 0 Å². The molecule has 1 saturated carbocycles. The van der Waals surface area contributed by atoms with Crippen molar-refractivity contribution in [3.8, 4) is 0 Å². The second-order valence-electron chi connectivity index (χ2n) is 11.7. The maximum Gasteiger partial charge on any atom is 0.338 e. The predicted molar refractivity (Wildman–Crippen MR) is 181 cm³/mol. The van der Waals surface area contributed by atoms with E-state index in [0.29, 0.717) is 5.56 Å². The molecule has 0 aromatic heterocycles. The smallest absolute Gasteiger partial charge is 0.338 e. The van der Waals surface area contributed by atoms with E-state index >= 15 is 4.39 Å². The molecule has 0 unspecified atom stereocenters. The van der Waals surface area contributed by atoms with E-state index < -0.39 is 42.7 Å². The summed E-state index contributed by atoms with van der Waals surface area (Å²) in [5.74, 6) is -0.663. The van der Waals surface area contributed by atoms with Crippen LogP contribution in [-0.4, -0.2) is 42.7 Å². The van der Waals surface area contributed by atoms with Crippen LogP contribution < -0.4 is 0 Å². The van der Waals surface area contributed by atoms with Crippen LogP contribution in [0.5, 0.6) is 0 Å². The number of ether oxygens (including phenoxy) is 5. The standard InChI is InChI=1S/C41H39FO6/c42-35-36(44-26-30-16-6-1-7-17-30)38(45-27-31-18-8-2-9-19-31)40(47-29-33-22-12-4-13-23-33)39(46-28-32-20-10-3-11-21-32)37(35)48-41(43)34-24-14-5-15-25-34/h1-25,35-40H,26-29H2/t35-,36-,37+,38+,39-,40-/m0/s1. The van der Waals surface area contributed by atoms with Crippen molar-refractivity contribution in [3.05, 3.63) is 179 Å². The van der Waals surface area contributed by atoms with Gasteiger partial charge in [0.05, 0.1) is 32.0 Å². The Hall–Kier alpha value is -4.66. The Morgan fingerprint density at radius 3 is 1.08 bits per heavy atom. The van der Waals surface area contributed by atoms with E-state index in [1.165, 1.54) is 0 Å². The Balaban J connectivity index is 1.37. The van der Waals surface area contributed by atoms with Gasteiger partial charge in [-0.15, -0.1) is 0 Å². The van der Waals surface area contributed by atoms with Gasteiger partial charge in [0.25, 0.3) is 0 Å². The molecule has 0 amide bonds. The van der Waals surface area contributed by atoms with E-state index in [-0.39, 0.29) is 26.4 Å². The highest BCUT2D eigenvalue weighted by Gasteiger charge is 2.56. The SMILES string of the molecule is O=C(O[C@@H]1[C@@H](F)[C@H](OCc2ccccc2)[C@@H](OCc2ccccc2)[C@H](OCc2ccccc2)[C@H]1OCc1ccccc1)c1ccccc1. The van der Waals surface area contributed by atoms with E-state index in [1.807, 2.05) is 121 Å². The van der Waals surface area contributed by atoms with Gasteiger partial charge in [-0.05, 0) is 34.4 Å². The van der Waals surface area contributed by atoms with Crippen molar-refractivity contribution < 1.29 is 32.9 Å². The van der Waals surface area contributed by atoms with Gasteiger partial charge in [-0.25, -0.2) is 9.18 Å². The Morgan fingerprint density at radius 2 is 0.708 bits per heavy atom. The Bertz CT molecular complexity index is 1660. The second kappa shape index (κ2) is 16.9. The summed E-state index contributed by atoms with van der Waals surface area (Å²) in [6.07, 6.45) is -7.15. The minimum atomic E-state index is -1.81. The van der Waals surface area contributed by atoms with Crippen LogP contribution >= 0.6 is 0 Å². The van der Waals surface area contributed by atoms with Crippen LogP contribution in [0.3, 0.4) is 0 Å². The van der Waals surface area contributed by atoms with Gasteiger partial charge in [0.15, 0.2) is 12.3 Å². The van der Waals surface area contributed by atoms with E-state index in [0.717, 1.165) is 22.3 Å². The van der Waals surface area contributed by atoms with Gasteiger partial charge in [0.2, 0.25) is 0 Å². The number of hydrogen-bond donors (Lipinski definition) is 0. The summed E-state index contributed by atoms with van der Waals surface area (Å²) in [6.45, 7) is 0.652. The maximum absolute atomic E-state index is 17.2. The largest absolute Gasteiger partial charge is 0.453 e. The molecule has 0 aliphatic heterocycles. The number of esters is 1. The zero-order chi connectivity index (χ0) is 33.0. The number of halogens is 1. The lowest BCUT2D eigenvalue weighted by molar-refractivity contribution is -0.262. The van der Waals surface area contributed by atoms with Crippen LogP contribution in [0.4, 0.5) is 4.39 Å². The molecule has 0 N–H and O–H groups in total. The third-order valence-corrected chi connectivity index (χ3v) is 8.32. The van der Waals surface area contributed by atoms with Crippen LogP contribution in [0, 0.1) is 0 Å². The maximum atomic E-state index is 17.2. The molecule has 48 heavy (non-hydrogen) atoms. The van der Waals surface area contributed by atoms with Crippen LogP contribution in [0.25, 0.3) is 0 Å². The summed E-state index contributed by atoms with van der Waals surface area (Å²) in [5, 5.41) is 0. The Kier molecular flexibility index (Phi) is 11.7. The molecule has 5 aromatic carbocycles. The third kappa shape index (κ3) is 8.82. The number of alkyl halides is 1. The van der Waals surface area contributed by atoms with Crippen LogP contribution in [-0.2, 0) is 50.1 Å². The minimum absolute atomic E-state index is 0.122. The quantitative estimate of drug-likeness (QED) is 0.114. The molecule has 1 aliphatic carbocycles. The molecule has 0 heterocycles. The number of carbonyl (C=O) groups excluding carboxylic acids is 1. The molecule has 0 bridgehead atoms. The van der Waals surface area contributed by atoms with Crippen LogP contribution in [0.15, 0.2) is 152 Å². The van der Waals surface area contributed by atoms with E-state index in [4.69, 9.17) is 23.7 Å². The zero-order valence-electron chi connectivity index (χ0n) is 26.6. The molecule has 6 nitrogen and oxygen atoms in total. The van der Waals surface area contributed by atoms with Crippen molar-refractivity contribution in [2.75, 3.05) is 0 Å². The van der Waals surface area contributed by atoms with E-state index in [1.54, 1.807) is 30.3 Å². The molecule has 7 heteroatoms. The summed E-state index contributed by atoms with van der Waals surface area (Å²) in [7, 11) is 0. The molecule has 0 saturated heterocycles. The number of carbonyl (C=O) groups is 1. The monoisotopic (exact) mass is 646 g/mol. The highest BCUT2D eigenvalue weighted by atomic mass is 19.1. The Morgan fingerprint density at radius 1 is 0.417 bits per heavy atom. The molecule has 6 atom stereocenters. The molecule has 0 radical (unpaired) electrons.